The van der Waals surface area contributed by atoms with Crippen molar-refractivity contribution in [3.05, 3.63) is 0 Å². The van der Waals surface area contributed by atoms with E-state index in [-0.39, 0.29) is 0 Å². The van der Waals surface area contributed by atoms with Crippen LogP contribution in [0.15, 0.2) is 0 Å². The van der Waals surface area contributed by atoms with Gasteiger partial charge in [0, 0.05) is 6.54 Å². The van der Waals surface area contributed by atoms with E-state index < -0.39 is 21.9 Å². The molecule has 0 bridgehead atoms. The highest BCUT2D eigenvalue weighted by atomic mass is 32.2. The first kappa shape index (κ1) is 17.2. The van der Waals surface area contributed by atoms with Gasteiger partial charge in [0.1, 0.15) is 5.60 Å². The zero-order valence-electron chi connectivity index (χ0n) is 12.6. The molecular weight excluding hydrogens is 282 g/mol. The summed E-state index contributed by atoms with van der Waals surface area (Å²) >= 11 is 0. The molecule has 0 radical (unpaired) electrons. The van der Waals surface area contributed by atoms with Gasteiger partial charge in [-0.25, -0.2) is 9.52 Å². The van der Waals surface area contributed by atoms with Crippen LogP contribution < -0.4 is 9.44 Å². The van der Waals surface area contributed by atoms with Crippen molar-refractivity contribution in [1.29, 1.82) is 0 Å². The number of rotatable bonds is 4. The molecule has 0 saturated carbocycles. The van der Waals surface area contributed by atoms with E-state index in [0.717, 1.165) is 25.9 Å². The third kappa shape index (κ3) is 7.06. The van der Waals surface area contributed by atoms with E-state index in [1.54, 1.807) is 20.8 Å². The van der Waals surface area contributed by atoms with Crippen LogP contribution >= 0.6 is 0 Å². The molecule has 20 heavy (non-hydrogen) atoms. The van der Waals surface area contributed by atoms with E-state index in [4.69, 9.17) is 4.74 Å². The molecule has 1 heterocycles. The minimum atomic E-state index is -3.85. The van der Waals surface area contributed by atoms with Crippen LogP contribution in [0.3, 0.4) is 0 Å². The molecule has 1 fully saturated rings. The lowest BCUT2D eigenvalue weighted by atomic mass is 9.98. The van der Waals surface area contributed by atoms with Crippen molar-refractivity contribution < 1.29 is 17.9 Å². The lowest BCUT2D eigenvalue weighted by molar-refractivity contribution is 0.0569. The number of carbonyl (C=O) groups excluding carboxylic acids is 1. The van der Waals surface area contributed by atoms with Gasteiger partial charge in [0.05, 0.1) is 0 Å². The van der Waals surface area contributed by atoms with Crippen molar-refractivity contribution in [2.75, 3.05) is 26.7 Å². The molecular formula is C12H25N3O4S. The third-order valence-electron chi connectivity index (χ3n) is 3.02. The quantitative estimate of drug-likeness (QED) is 0.798. The fraction of sp³-hybridized carbons (Fsp3) is 0.917. The van der Waals surface area contributed by atoms with Crippen LogP contribution in [0.1, 0.15) is 33.6 Å². The molecule has 1 rings (SSSR count). The van der Waals surface area contributed by atoms with Gasteiger partial charge in [0.2, 0.25) is 0 Å². The number of hydrogen-bond donors (Lipinski definition) is 2. The van der Waals surface area contributed by atoms with Gasteiger partial charge in [-0.05, 0) is 59.7 Å². The number of ether oxygens (including phenoxy) is 1. The molecule has 0 aromatic carbocycles. The van der Waals surface area contributed by atoms with Crippen LogP contribution in [-0.4, -0.2) is 51.7 Å². The smallest absolute Gasteiger partial charge is 0.422 e. The molecule has 0 aromatic heterocycles. The summed E-state index contributed by atoms with van der Waals surface area (Å²) in [6.45, 7) is 7.28. The van der Waals surface area contributed by atoms with E-state index in [1.807, 2.05) is 11.8 Å². The predicted octanol–water partition coefficient (Wildman–Crippen LogP) is 0.687. The Morgan fingerprint density at radius 2 is 1.85 bits per heavy atom. The molecule has 7 nitrogen and oxygen atoms in total. The van der Waals surface area contributed by atoms with Crippen molar-refractivity contribution in [3.8, 4) is 0 Å². The fourth-order valence-electron chi connectivity index (χ4n) is 1.94. The van der Waals surface area contributed by atoms with Gasteiger partial charge in [-0.1, -0.05) is 0 Å². The molecule has 2 N–H and O–H groups in total. The van der Waals surface area contributed by atoms with E-state index in [1.165, 1.54) is 0 Å². The molecule has 0 atom stereocenters. The minimum absolute atomic E-state index is 0.307. The Kier molecular flexibility index (Phi) is 5.79. The van der Waals surface area contributed by atoms with Crippen molar-refractivity contribution >= 4 is 16.3 Å². The lowest BCUT2D eigenvalue weighted by Gasteiger charge is -2.28. The Bertz CT molecular complexity index is 422. The maximum atomic E-state index is 11.7. The second-order valence-corrected chi connectivity index (χ2v) is 7.70. The molecule has 8 heteroatoms. The fourth-order valence-corrected chi connectivity index (χ4v) is 2.73. The summed E-state index contributed by atoms with van der Waals surface area (Å²) in [5, 5.41) is 0. The average molecular weight is 307 g/mol. The number of hydrogen-bond acceptors (Lipinski definition) is 5. The topological polar surface area (TPSA) is 87.7 Å². The standard InChI is InChI=1S/C12H25N3O4S/c1-12(2,3)19-11(16)14-20(17,18)13-9-10-5-7-15(4)8-6-10/h10,13H,5-9H2,1-4H3,(H,14,16). The van der Waals surface area contributed by atoms with E-state index >= 15 is 0 Å². The highest BCUT2D eigenvalue weighted by Crippen LogP contribution is 2.14. The average Bonchev–Trinajstić information content (AvgIpc) is 2.24. The molecule has 1 aliphatic heterocycles. The van der Waals surface area contributed by atoms with Gasteiger partial charge in [-0.15, -0.1) is 0 Å². The molecule has 118 valence electrons. The number of piperidine rings is 1. The Labute approximate surface area is 121 Å². The van der Waals surface area contributed by atoms with Crippen LogP contribution in [0.25, 0.3) is 0 Å². The highest BCUT2D eigenvalue weighted by Gasteiger charge is 2.23. The normalized spacial score (nSPS) is 18.8. The van der Waals surface area contributed by atoms with Crippen LogP contribution in [0.2, 0.25) is 0 Å². The summed E-state index contributed by atoms with van der Waals surface area (Å²) in [4.78, 5) is 13.6. The number of nitrogens with zero attached hydrogens (tertiary/aromatic N) is 1. The third-order valence-corrected chi connectivity index (χ3v) is 4.00. The first-order valence-corrected chi connectivity index (χ1v) is 8.25. The molecule has 1 aliphatic rings. The summed E-state index contributed by atoms with van der Waals surface area (Å²) in [7, 11) is -1.81. The predicted molar refractivity (Wildman–Crippen MR) is 76.5 cm³/mol. The molecule has 0 aliphatic carbocycles. The molecule has 0 spiro atoms. The van der Waals surface area contributed by atoms with Crippen molar-refractivity contribution in [3.63, 3.8) is 0 Å². The summed E-state index contributed by atoms with van der Waals surface area (Å²) in [6.07, 6.45) is 0.935. The Morgan fingerprint density at radius 1 is 1.30 bits per heavy atom. The summed E-state index contributed by atoms with van der Waals surface area (Å²) in [5.41, 5.74) is -0.729. The maximum absolute atomic E-state index is 11.7. The van der Waals surface area contributed by atoms with Crippen LogP contribution in [0.5, 0.6) is 0 Å². The molecule has 1 saturated heterocycles. The lowest BCUT2D eigenvalue weighted by Crippen LogP contribution is -2.45. The van der Waals surface area contributed by atoms with Crippen molar-refractivity contribution in [1.82, 2.24) is 14.3 Å². The number of nitrogens with one attached hydrogen (secondary N) is 2. The largest absolute Gasteiger partial charge is 0.443 e. The van der Waals surface area contributed by atoms with Crippen molar-refractivity contribution in [2.45, 2.75) is 39.2 Å². The van der Waals surface area contributed by atoms with Gasteiger partial charge in [0.15, 0.2) is 0 Å². The first-order valence-electron chi connectivity index (χ1n) is 6.76. The van der Waals surface area contributed by atoms with E-state index in [9.17, 15) is 13.2 Å². The molecule has 0 aromatic rings. The van der Waals surface area contributed by atoms with Crippen LogP contribution in [0, 0.1) is 5.92 Å². The number of carbonyl (C=O) groups is 1. The second kappa shape index (κ2) is 6.73. The molecule has 0 unspecified atom stereocenters. The Morgan fingerprint density at radius 3 is 2.35 bits per heavy atom. The van der Waals surface area contributed by atoms with Gasteiger partial charge >= 0.3 is 16.3 Å². The zero-order chi connectivity index (χ0) is 15.4. The second-order valence-electron chi connectivity index (χ2n) is 6.20. The van der Waals surface area contributed by atoms with E-state index in [2.05, 4.69) is 9.62 Å². The monoisotopic (exact) mass is 307 g/mol. The summed E-state index contributed by atoms with van der Waals surface area (Å²) in [6, 6.07) is 0. The Balaban J connectivity index is 2.36. The zero-order valence-corrected chi connectivity index (χ0v) is 13.4. The number of amides is 1. The van der Waals surface area contributed by atoms with Crippen molar-refractivity contribution in [2.24, 2.45) is 5.92 Å². The highest BCUT2D eigenvalue weighted by molar-refractivity contribution is 7.88. The van der Waals surface area contributed by atoms with Crippen LogP contribution in [0.4, 0.5) is 4.79 Å². The maximum Gasteiger partial charge on any atom is 0.422 e. The number of likely N-dealkylation sites (tertiary alicyclic amines) is 1. The molecule has 1 amide bonds. The first-order chi connectivity index (χ1) is 9.07. The minimum Gasteiger partial charge on any atom is -0.443 e. The summed E-state index contributed by atoms with van der Waals surface area (Å²) < 4.78 is 32.6. The van der Waals surface area contributed by atoms with Gasteiger partial charge < -0.3 is 9.64 Å². The Hall–Kier alpha value is -0.860. The van der Waals surface area contributed by atoms with Gasteiger partial charge in [-0.2, -0.15) is 13.1 Å². The summed E-state index contributed by atoms with van der Waals surface area (Å²) in [5.74, 6) is 0.307. The SMILES string of the molecule is CN1CCC(CNS(=O)(=O)NC(=O)OC(C)(C)C)CC1. The van der Waals surface area contributed by atoms with Gasteiger partial charge in [0.25, 0.3) is 0 Å². The van der Waals surface area contributed by atoms with E-state index in [0.29, 0.717) is 12.5 Å². The van der Waals surface area contributed by atoms with Gasteiger partial charge in [-0.3, -0.25) is 0 Å². The van der Waals surface area contributed by atoms with Crippen LogP contribution in [-0.2, 0) is 14.9 Å².